The molecule has 33 heavy (non-hydrogen) atoms. The summed E-state index contributed by atoms with van der Waals surface area (Å²) in [6.45, 7) is 4.09. The Kier molecular flexibility index (Phi) is 4.79. The van der Waals surface area contributed by atoms with Crippen molar-refractivity contribution in [2.75, 3.05) is 0 Å². The monoisotopic (exact) mass is 434 g/mol. The van der Waals surface area contributed by atoms with Gasteiger partial charge in [-0.3, -0.25) is 0 Å². The van der Waals surface area contributed by atoms with Gasteiger partial charge in [0.25, 0.3) is 0 Å². The van der Waals surface area contributed by atoms with E-state index in [2.05, 4.69) is 71.7 Å². The Morgan fingerprint density at radius 1 is 0.848 bits per heavy atom. The second-order valence-corrected chi connectivity index (χ2v) is 8.89. The Balaban J connectivity index is 1.48. The minimum absolute atomic E-state index is 0.0751. The highest BCUT2D eigenvalue weighted by Crippen LogP contribution is 2.49. The molecule has 2 heterocycles. The zero-order valence-corrected chi connectivity index (χ0v) is 18.8. The molecule has 4 heteroatoms. The summed E-state index contributed by atoms with van der Waals surface area (Å²) in [7, 11) is 0. The number of nitrogens with zero attached hydrogens (tertiary/aromatic N) is 2. The molecule has 2 atom stereocenters. The van der Waals surface area contributed by atoms with Gasteiger partial charge in [-0.2, -0.15) is 5.10 Å². The SMILES string of the molecule is CC(C)Oc1ccccc1[C@@H]1Oc2ccccc2[C@H]2CC(c3cccc4ccccc34)=NN21. The van der Waals surface area contributed by atoms with Gasteiger partial charge in [0.1, 0.15) is 11.5 Å². The summed E-state index contributed by atoms with van der Waals surface area (Å²) < 4.78 is 12.7. The van der Waals surface area contributed by atoms with Gasteiger partial charge in [0.15, 0.2) is 0 Å². The van der Waals surface area contributed by atoms with E-state index >= 15 is 0 Å². The van der Waals surface area contributed by atoms with Crippen LogP contribution in [0.2, 0.25) is 0 Å². The number of benzene rings is 4. The Labute approximate surface area is 194 Å². The molecule has 6 rings (SSSR count). The number of ether oxygens (including phenoxy) is 2. The van der Waals surface area contributed by atoms with Gasteiger partial charge >= 0.3 is 0 Å². The summed E-state index contributed by atoms with van der Waals surface area (Å²) >= 11 is 0. The minimum Gasteiger partial charge on any atom is -0.491 e. The van der Waals surface area contributed by atoms with Crippen LogP contribution < -0.4 is 9.47 Å². The molecule has 0 N–H and O–H groups in total. The average Bonchev–Trinajstić information content (AvgIpc) is 3.29. The fraction of sp³-hybridized carbons (Fsp3) is 0.207. The van der Waals surface area contributed by atoms with E-state index in [1.54, 1.807) is 0 Å². The standard InChI is InChI=1S/C29H26N2O2/c1-19(2)32-28-17-8-6-14-24(28)29-31-26(23-13-5-7-16-27(23)33-29)18-25(30-31)22-15-9-11-20-10-3-4-12-21(20)22/h3-17,19,26,29H,18H2,1-2H3/t26-,29+/m1/s1. The van der Waals surface area contributed by atoms with E-state index in [0.717, 1.165) is 29.2 Å². The van der Waals surface area contributed by atoms with Gasteiger partial charge in [0, 0.05) is 17.5 Å². The van der Waals surface area contributed by atoms with Crippen LogP contribution in [0, 0.1) is 0 Å². The predicted octanol–water partition coefficient (Wildman–Crippen LogP) is 6.87. The summed E-state index contributed by atoms with van der Waals surface area (Å²) in [5.74, 6) is 1.75. The molecule has 0 saturated carbocycles. The van der Waals surface area contributed by atoms with Crippen LogP contribution in [-0.4, -0.2) is 16.8 Å². The van der Waals surface area contributed by atoms with Gasteiger partial charge in [0.2, 0.25) is 6.23 Å². The third-order valence-corrected chi connectivity index (χ3v) is 6.35. The Hall–Kier alpha value is -3.79. The van der Waals surface area contributed by atoms with Crippen LogP contribution in [0.3, 0.4) is 0 Å². The summed E-state index contributed by atoms with van der Waals surface area (Å²) in [5.41, 5.74) is 4.44. The first-order valence-electron chi connectivity index (χ1n) is 11.5. The molecule has 2 aliphatic heterocycles. The van der Waals surface area contributed by atoms with Crippen LogP contribution in [0.4, 0.5) is 0 Å². The van der Waals surface area contributed by atoms with Gasteiger partial charge in [-0.15, -0.1) is 0 Å². The lowest BCUT2D eigenvalue weighted by molar-refractivity contribution is -0.0210. The smallest absolute Gasteiger partial charge is 0.217 e. The summed E-state index contributed by atoms with van der Waals surface area (Å²) in [5, 5.41) is 9.76. The lowest BCUT2D eigenvalue weighted by atomic mass is 9.93. The number of hydrazone groups is 1. The molecular formula is C29H26N2O2. The molecular weight excluding hydrogens is 408 g/mol. The Bertz CT molecular complexity index is 1360. The van der Waals surface area contributed by atoms with Crippen LogP contribution in [0.15, 0.2) is 96.1 Å². The first kappa shape index (κ1) is 19.9. The van der Waals surface area contributed by atoms with Crippen LogP contribution in [0.1, 0.15) is 49.2 Å². The Morgan fingerprint density at radius 2 is 1.58 bits per heavy atom. The largest absolute Gasteiger partial charge is 0.491 e. The van der Waals surface area contributed by atoms with Crippen molar-refractivity contribution < 1.29 is 9.47 Å². The van der Waals surface area contributed by atoms with E-state index in [-0.39, 0.29) is 18.4 Å². The number of rotatable bonds is 4. The zero-order chi connectivity index (χ0) is 22.4. The maximum absolute atomic E-state index is 6.56. The lowest BCUT2D eigenvalue weighted by Crippen LogP contribution is -2.34. The van der Waals surface area contributed by atoms with Crippen molar-refractivity contribution in [1.82, 2.24) is 5.01 Å². The van der Waals surface area contributed by atoms with E-state index in [0.29, 0.717) is 0 Å². The predicted molar refractivity (Wildman–Crippen MR) is 132 cm³/mol. The third-order valence-electron chi connectivity index (χ3n) is 6.35. The first-order valence-corrected chi connectivity index (χ1v) is 11.5. The van der Waals surface area contributed by atoms with E-state index in [9.17, 15) is 0 Å². The van der Waals surface area contributed by atoms with Crippen molar-refractivity contribution in [3.05, 3.63) is 108 Å². The van der Waals surface area contributed by atoms with Crippen molar-refractivity contribution in [3.63, 3.8) is 0 Å². The molecule has 0 radical (unpaired) electrons. The van der Waals surface area contributed by atoms with Crippen molar-refractivity contribution in [3.8, 4) is 11.5 Å². The molecule has 0 bridgehead atoms. The fourth-order valence-corrected chi connectivity index (χ4v) is 4.92. The highest BCUT2D eigenvalue weighted by molar-refractivity contribution is 6.11. The van der Waals surface area contributed by atoms with Crippen molar-refractivity contribution in [2.24, 2.45) is 5.10 Å². The molecule has 4 nitrogen and oxygen atoms in total. The molecule has 0 unspecified atom stereocenters. The van der Waals surface area contributed by atoms with E-state index in [1.807, 2.05) is 38.1 Å². The third kappa shape index (κ3) is 3.43. The lowest BCUT2D eigenvalue weighted by Gasteiger charge is -2.38. The fourth-order valence-electron chi connectivity index (χ4n) is 4.92. The maximum Gasteiger partial charge on any atom is 0.217 e. The summed E-state index contributed by atoms with van der Waals surface area (Å²) in [6.07, 6.45) is 0.552. The number of para-hydroxylation sites is 2. The molecule has 4 aromatic carbocycles. The van der Waals surface area contributed by atoms with E-state index < -0.39 is 0 Å². The molecule has 0 fully saturated rings. The molecule has 2 aliphatic rings. The number of fused-ring (bicyclic) bond motifs is 4. The Morgan fingerprint density at radius 3 is 2.45 bits per heavy atom. The second kappa shape index (κ2) is 7.96. The molecule has 0 aromatic heterocycles. The van der Waals surface area contributed by atoms with Gasteiger partial charge in [0.05, 0.1) is 23.4 Å². The van der Waals surface area contributed by atoms with E-state index in [4.69, 9.17) is 14.6 Å². The highest BCUT2D eigenvalue weighted by Gasteiger charge is 2.42. The average molecular weight is 435 g/mol. The van der Waals surface area contributed by atoms with Gasteiger partial charge in [-0.25, -0.2) is 5.01 Å². The van der Waals surface area contributed by atoms with Crippen molar-refractivity contribution >= 4 is 16.5 Å². The first-order chi connectivity index (χ1) is 16.2. The van der Waals surface area contributed by atoms with Gasteiger partial charge < -0.3 is 9.47 Å². The topological polar surface area (TPSA) is 34.1 Å². The highest BCUT2D eigenvalue weighted by atomic mass is 16.5. The molecule has 4 aromatic rings. The summed E-state index contributed by atoms with van der Waals surface area (Å²) in [6, 6.07) is 31.5. The number of hydrogen-bond acceptors (Lipinski definition) is 4. The molecule has 0 amide bonds. The van der Waals surface area contributed by atoms with Crippen LogP contribution in [0.5, 0.6) is 11.5 Å². The number of hydrogen-bond donors (Lipinski definition) is 0. The van der Waals surface area contributed by atoms with Gasteiger partial charge in [-0.05, 0) is 42.8 Å². The molecule has 164 valence electrons. The quantitative estimate of drug-likeness (QED) is 0.351. The summed E-state index contributed by atoms with van der Waals surface area (Å²) in [4.78, 5) is 0. The second-order valence-electron chi connectivity index (χ2n) is 8.89. The van der Waals surface area contributed by atoms with Crippen molar-refractivity contribution in [2.45, 2.75) is 38.6 Å². The van der Waals surface area contributed by atoms with Crippen LogP contribution >= 0.6 is 0 Å². The zero-order valence-electron chi connectivity index (χ0n) is 18.8. The van der Waals surface area contributed by atoms with Crippen molar-refractivity contribution in [1.29, 1.82) is 0 Å². The minimum atomic E-state index is -0.354. The molecule has 0 aliphatic carbocycles. The van der Waals surface area contributed by atoms with E-state index in [1.165, 1.54) is 21.9 Å². The van der Waals surface area contributed by atoms with Crippen LogP contribution in [0.25, 0.3) is 10.8 Å². The molecule has 0 saturated heterocycles. The molecule has 0 spiro atoms. The normalized spacial score (nSPS) is 19.1. The van der Waals surface area contributed by atoms with Crippen LogP contribution in [-0.2, 0) is 0 Å². The van der Waals surface area contributed by atoms with Gasteiger partial charge in [-0.1, -0.05) is 72.8 Å². The maximum atomic E-state index is 6.56.